The van der Waals surface area contributed by atoms with Crippen LogP contribution in [0.2, 0.25) is 0 Å². The number of hydrogen-bond acceptors (Lipinski definition) is 5. The average Bonchev–Trinajstić information content (AvgIpc) is 2.43. The Bertz CT molecular complexity index is 392. The highest BCUT2D eigenvalue weighted by atomic mass is 16.4. The fourth-order valence-electron chi connectivity index (χ4n) is 2.18. The van der Waals surface area contributed by atoms with E-state index in [4.69, 9.17) is 10.8 Å². The van der Waals surface area contributed by atoms with E-state index in [2.05, 4.69) is 0 Å². The number of rotatable bonds is 6. The van der Waals surface area contributed by atoms with Gasteiger partial charge in [0.05, 0.1) is 12.6 Å². The molecule has 21 heavy (non-hydrogen) atoms. The van der Waals surface area contributed by atoms with E-state index in [1.165, 1.54) is 0 Å². The standard InChI is InChI=1S/C13H24N4O4/c1-15(2)9-11(18)16-5-7-17(8-6-16)13(21)10(14)3-4-12(19)20/h10H,3-9,14H2,1-2H3,(H,19,20). The number of carbonyl (C=O) groups excluding carboxylic acids is 2. The number of nitrogens with two attached hydrogens (primary N) is 1. The molecular weight excluding hydrogens is 276 g/mol. The molecule has 8 nitrogen and oxygen atoms in total. The predicted octanol–water partition coefficient (Wildman–Crippen LogP) is -1.59. The fourth-order valence-corrected chi connectivity index (χ4v) is 2.18. The van der Waals surface area contributed by atoms with Gasteiger partial charge in [0.15, 0.2) is 0 Å². The van der Waals surface area contributed by atoms with Gasteiger partial charge in [-0.2, -0.15) is 0 Å². The molecule has 120 valence electrons. The average molecular weight is 300 g/mol. The molecule has 0 aromatic heterocycles. The van der Waals surface area contributed by atoms with Crippen molar-refractivity contribution in [1.82, 2.24) is 14.7 Å². The van der Waals surface area contributed by atoms with E-state index in [0.29, 0.717) is 32.7 Å². The van der Waals surface area contributed by atoms with E-state index in [1.54, 1.807) is 9.80 Å². The van der Waals surface area contributed by atoms with E-state index in [0.717, 1.165) is 0 Å². The lowest BCUT2D eigenvalue weighted by atomic mass is 10.1. The molecule has 1 atom stereocenters. The molecule has 2 amide bonds. The minimum Gasteiger partial charge on any atom is -0.481 e. The highest BCUT2D eigenvalue weighted by molar-refractivity contribution is 5.83. The Kier molecular flexibility index (Phi) is 6.57. The summed E-state index contributed by atoms with van der Waals surface area (Å²) in [5.74, 6) is -1.16. The van der Waals surface area contributed by atoms with Crippen LogP contribution in [-0.2, 0) is 14.4 Å². The Hall–Kier alpha value is -1.67. The summed E-state index contributed by atoms with van der Waals surface area (Å²) in [7, 11) is 3.66. The molecule has 1 saturated heterocycles. The number of carboxylic acids is 1. The van der Waals surface area contributed by atoms with Crippen molar-refractivity contribution in [1.29, 1.82) is 0 Å². The van der Waals surface area contributed by atoms with Crippen LogP contribution in [0.25, 0.3) is 0 Å². The van der Waals surface area contributed by atoms with Crippen LogP contribution in [0.3, 0.4) is 0 Å². The van der Waals surface area contributed by atoms with Crippen LogP contribution in [-0.4, -0.2) is 90.5 Å². The summed E-state index contributed by atoms with van der Waals surface area (Å²) in [6, 6.07) is -0.787. The number of amides is 2. The van der Waals surface area contributed by atoms with Crippen LogP contribution in [0, 0.1) is 0 Å². The summed E-state index contributed by atoms with van der Waals surface area (Å²) in [4.78, 5) is 39.6. The molecule has 8 heteroatoms. The van der Waals surface area contributed by atoms with Crippen molar-refractivity contribution in [3.8, 4) is 0 Å². The molecule has 3 N–H and O–H groups in total. The third-order valence-corrected chi connectivity index (χ3v) is 3.38. The largest absolute Gasteiger partial charge is 0.481 e. The quantitative estimate of drug-likeness (QED) is 0.612. The van der Waals surface area contributed by atoms with Gasteiger partial charge in [-0.3, -0.25) is 14.4 Å². The topological polar surface area (TPSA) is 107 Å². The van der Waals surface area contributed by atoms with Gasteiger partial charge in [-0.25, -0.2) is 0 Å². The summed E-state index contributed by atoms with van der Waals surface area (Å²) in [6.07, 6.45) is 0.0160. The first-order valence-corrected chi connectivity index (χ1v) is 7.00. The van der Waals surface area contributed by atoms with Crippen molar-refractivity contribution in [3.05, 3.63) is 0 Å². The van der Waals surface area contributed by atoms with Crippen molar-refractivity contribution in [3.63, 3.8) is 0 Å². The van der Waals surface area contributed by atoms with Gasteiger partial charge in [-0.05, 0) is 20.5 Å². The van der Waals surface area contributed by atoms with Crippen molar-refractivity contribution in [2.24, 2.45) is 5.73 Å². The molecule has 0 spiro atoms. The molecular formula is C13H24N4O4. The van der Waals surface area contributed by atoms with Crippen LogP contribution in [0.1, 0.15) is 12.8 Å². The number of carbonyl (C=O) groups is 3. The zero-order valence-electron chi connectivity index (χ0n) is 12.6. The Labute approximate surface area is 124 Å². The minimum absolute atomic E-state index is 0.0438. The van der Waals surface area contributed by atoms with Gasteiger partial charge in [0.1, 0.15) is 0 Å². The molecule has 0 aromatic carbocycles. The van der Waals surface area contributed by atoms with Crippen molar-refractivity contribution >= 4 is 17.8 Å². The number of hydrogen-bond donors (Lipinski definition) is 2. The maximum Gasteiger partial charge on any atom is 0.303 e. The first kappa shape index (κ1) is 17.4. The Morgan fingerprint density at radius 3 is 2.14 bits per heavy atom. The van der Waals surface area contributed by atoms with E-state index < -0.39 is 12.0 Å². The van der Waals surface area contributed by atoms with Crippen LogP contribution < -0.4 is 5.73 Å². The Balaban J connectivity index is 2.39. The van der Waals surface area contributed by atoms with Crippen molar-refractivity contribution in [2.75, 3.05) is 46.8 Å². The highest BCUT2D eigenvalue weighted by Crippen LogP contribution is 2.06. The van der Waals surface area contributed by atoms with Gasteiger partial charge >= 0.3 is 5.97 Å². The third kappa shape index (κ3) is 5.68. The first-order chi connectivity index (χ1) is 9.81. The monoisotopic (exact) mass is 300 g/mol. The second kappa shape index (κ2) is 7.94. The molecule has 0 radical (unpaired) electrons. The normalized spacial score (nSPS) is 17.0. The number of likely N-dealkylation sites (N-methyl/N-ethyl adjacent to an activating group) is 1. The first-order valence-electron chi connectivity index (χ1n) is 7.00. The fraction of sp³-hybridized carbons (Fsp3) is 0.769. The van der Waals surface area contributed by atoms with Gasteiger partial charge in [0, 0.05) is 32.6 Å². The maximum absolute atomic E-state index is 12.1. The molecule has 1 aliphatic rings. The van der Waals surface area contributed by atoms with Gasteiger partial charge < -0.3 is 25.5 Å². The Morgan fingerprint density at radius 2 is 1.67 bits per heavy atom. The van der Waals surface area contributed by atoms with Gasteiger partial charge in [0.25, 0.3) is 0 Å². The van der Waals surface area contributed by atoms with Gasteiger partial charge in [-0.15, -0.1) is 0 Å². The second-order valence-electron chi connectivity index (χ2n) is 5.48. The molecule has 1 rings (SSSR count). The van der Waals surface area contributed by atoms with Crippen LogP contribution in [0.5, 0.6) is 0 Å². The summed E-state index contributed by atoms with van der Waals surface area (Å²) in [5, 5.41) is 8.59. The lowest BCUT2D eigenvalue weighted by Crippen LogP contribution is -2.55. The number of aliphatic carboxylic acids is 1. The van der Waals surface area contributed by atoms with Crippen LogP contribution in [0.4, 0.5) is 0 Å². The SMILES string of the molecule is CN(C)CC(=O)N1CCN(C(=O)C(N)CCC(=O)O)CC1. The summed E-state index contributed by atoms with van der Waals surface area (Å²) in [6.45, 7) is 2.22. The number of carboxylic acid groups (broad SMARTS) is 1. The summed E-state index contributed by atoms with van der Waals surface area (Å²) < 4.78 is 0. The van der Waals surface area contributed by atoms with E-state index >= 15 is 0 Å². The van der Waals surface area contributed by atoms with Gasteiger partial charge in [0.2, 0.25) is 11.8 Å². The lowest BCUT2D eigenvalue weighted by Gasteiger charge is -2.36. The smallest absolute Gasteiger partial charge is 0.303 e. The van der Waals surface area contributed by atoms with E-state index in [1.807, 2.05) is 19.0 Å². The minimum atomic E-state index is -0.961. The molecule has 1 heterocycles. The van der Waals surface area contributed by atoms with Crippen LogP contribution >= 0.6 is 0 Å². The predicted molar refractivity (Wildman–Crippen MR) is 76.6 cm³/mol. The lowest BCUT2D eigenvalue weighted by molar-refractivity contribution is -0.141. The summed E-state index contributed by atoms with van der Waals surface area (Å²) >= 11 is 0. The number of nitrogens with zero attached hydrogens (tertiary/aromatic N) is 3. The van der Waals surface area contributed by atoms with E-state index in [-0.39, 0.29) is 24.7 Å². The molecule has 1 unspecified atom stereocenters. The van der Waals surface area contributed by atoms with Gasteiger partial charge in [-0.1, -0.05) is 0 Å². The third-order valence-electron chi connectivity index (χ3n) is 3.38. The maximum atomic E-state index is 12.1. The molecule has 0 bridgehead atoms. The zero-order valence-corrected chi connectivity index (χ0v) is 12.6. The zero-order chi connectivity index (χ0) is 16.0. The van der Waals surface area contributed by atoms with Crippen LogP contribution in [0.15, 0.2) is 0 Å². The number of piperazine rings is 1. The molecule has 0 saturated carbocycles. The van der Waals surface area contributed by atoms with Crippen molar-refractivity contribution < 1.29 is 19.5 Å². The molecule has 0 aromatic rings. The molecule has 1 aliphatic heterocycles. The molecule has 1 fully saturated rings. The van der Waals surface area contributed by atoms with Crippen molar-refractivity contribution in [2.45, 2.75) is 18.9 Å². The Morgan fingerprint density at radius 1 is 1.14 bits per heavy atom. The molecule has 0 aliphatic carbocycles. The van der Waals surface area contributed by atoms with E-state index in [9.17, 15) is 14.4 Å². The highest BCUT2D eigenvalue weighted by Gasteiger charge is 2.27. The summed E-state index contributed by atoms with van der Waals surface area (Å²) in [5.41, 5.74) is 5.71. The second-order valence-corrected chi connectivity index (χ2v) is 5.48.